The van der Waals surface area contributed by atoms with Gasteiger partial charge in [-0.25, -0.2) is 9.37 Å². The van der Waals surface area contributed by atoms with Crippen molar-refractivity contribution in [2.45, 2.75) is 26.8 Å². The summed E-state index contributed by atoms with van der Waals surface area (Å²) in [6.45, 7) is 6.51. The van der Waals surface area contributed by atoms with Gasteiger partial charge in [-0.05, 0) is 72.5 Å². The number of hydrogen-bond acceptors (Lipinski definition) is 6. The quantitative estimate of drug-likeness (QED) is 0.176. The van der Waals surface area contributed by atoms with Crippen LogP contribution in [-0.2, 0) is 9.59 Å². The van der Waals surface area contributed by atoms with Crippen LogP contribution in [0.2, 0.25) is 0 Å². The standard InChI is InChI=1S/C31H31FN4O4/c1-17(2)16-40-25-13-8-20(14-18(25)3)28(37)26-27(19-6-10-22(11-7-19)35(4)5)36(30(39)29(26)38)31-33-23-12-9-21(32)15-24(23)34-31/h6-15,17,27,37H,16H2,1-5H3,(H,33,34)/b28-26+. The number of Topliss-reactive ketones (excluding diaryl/α,β-unsaturated/α-hetero) is 1. The maximum absolute atomic E-state index is 13.9. The maximum atomic E-state index is 13.9. The van der Waals surface area contributed by atoms with Gasteiger partial charge in [0, 0.05) is 25.3 Å². The smallest absolute Gasteiger partial charge is 0.302 e. The summed E-state index contributed by atoms with van der Waals surface area (Å²) in [6, 6.07) is 15.6. The largest absolute Gasteiger partial charge is 0.507 e. The number of H-pyrrole nitrogens is 1. The summed E-state index contributed by atoms with van der Waals surface area (Å²) in [5, 5.41) is 11.5. The minimum absolute atomic E-state index is 0.0653. The van der Waals surface area contributed by atoms with E-state index in [0.717, 1.165) is 11.3 Å². The van der Waals surface area contributed by atoms with Gasteiger partial charge >= 0.3 is 5.91 Å². The van der Waals surface area contributed by atoms with E-state index in [1.807, 2.05) is 50.2 Å². The van der Waals surface area contributed by atoms with Crippen LogP contribution in [0.15, 0.2) is 66.2 Å². The second-order valence-corrected chi connectivity index (χ2v) is 10.6. The topological polar surface area (TPSA) is 98.8 Å². The number of aliphatic hydroxyl groups is 1. The molecular weight excluding hydrogens is 511 g/mol. The van der Waals surface area contributed by atoms with Crippen molar-refractivity contribution in [1.29, 1.82) is 0 Å². The first-order valence-electron chi connectivity index (χ1n) is 13.0. The molecule has 206 valence electrons. The zero-order valence-electron chi connectivity index (χ0n) is 23.0. The van der Waals surface area contributed by atoms with Gasteiger partial charge in [-0.3, -0.25) is 14.5 Å². The van der Waals surface area contributed by atoms with Crippen molar-refractivity contribution in [3.63, 3.8) is 0 Å². The molecule has 1 aliphatic heterocycles. The molecule has 8 nitrogen and oxygen atoms in total. The van der Waals surface area contributed by atoms with Crippen LogP contribution in [0.25, 0.3) is 16.8 Å². The van der Waals surface area contributed by atoms with Crippen molar-refractivity contribution in [3.05, 3.63) is 88.7 Å². The fourth-order valence-electron chi connectivity index (χ4n) is 4.77. The molecule has 0 bridgehead atoms. The zero-order valence-corrected chi connectivity index (χ0v) is 23.0. The molecule has 0 radical (unpaired) electrons. The molecule has 1 saturated heterocycles. The number of hydrogen-bond donors (Lipinski definition) is 2. The molecule has 0 spiro atoms. The van der Waals surface area contributed by atoms with Gasteiger partial charge in [0.05, 0.1) is 29.3 Å². The minimum atomic E-state index is -0.973. The summed E-state index contributed by atoms with van der Waals surface area (Å²) in [6.07, 6.45) is 0. The number of amides is 1. The van der Waals surface area contributed by atoms with Gasteiger partial charge in [0.1, 0.15) is 17.3 Å². The van der Waals surface area contributed by atoms with Crippen LogP contribution in [0.3, 0.4) is 0 Å². The second kappa shape index (κ2) is 10.5. The van der Waals surface area contributed by atoms with Crippen molar-refractivity contribution in [3.8, 4) is 5.75 Å². The summed E-state index contributed by atoms with van der Waals surface area (Å²) >= 11 is 0. The van der Waals surface area contributed by atoms with E-state index in [1.165, 1.54) is 23.1 Å². The van der Waals surface area contributed by atoms with Gasteiger partial charge < -0.3 is 19.7 Å². The Hall–Kier alpha value is -4.66. The molecule has 1 unspecified atom stereocenters. The fraction of sp³-hybridized carbons (Fsp3) is 0.258. The number of aromatic amines is 1. The predicted molar refractivity (Wildman–Crippen MR) is 153 cm³/mol. The first kappa shape index (κ1) is 26.9. The van der Waals surface area contributed by atoms with Crippen molar-refractivity contribution in [2.24, 2.45) is 5.92 Å². The van der Waals surface area contributed by atoms with E-state index in [2.05, 4.69) is 23.8 Å². The van der Waals surface area contributed by atoms with Gasteiger partial charge in [0.2, 0.25) is 5.95 Å². The van der Waals surface area contributed by atoms with E-state index in [1.54, 1.807) is 18.2 Å². The molecule has 1 aliphatic rings. The number of halogens is 1. The Bertz CT molecular complexity index is 1640. The third-order valence-corrected chi connectivity index (χ3v) is 6.85. The maximum Gasteiger partial charge on any atom is 0.302 e. The highest BCUT2D eigenvalue weighted by molar-refractivity contribution is 6.51. The fourth-order valence-corrected chi connectivity index (χ4v) is 4.77. The summed E-state index contributed by atoms with van der Waals surface area (Å²) in [5.41, 5.74) is 3.45. The van der Waals surface area contributed by atoms with E-state index in [-0.39, 0.29) is 17.3 Å². The molecule has 1 amide bonds. The lowest BCUT2D eigenvalue weighted by Gasteiger charge is -2.24. The molecule has 2 N–H and O–H groups in total. The number of benzene rings is 3. The highest BCUT2D eigenvalue weighted by atomic mass is 19.1. The number of fused-ring (bicyclic) bond motifs is 1. The molecule has 9 heteroatoms. The van der Waals surface area contributed by atoms with Gasteiger partial charge in [-0.1, -0.05) is 26.0 Å². The first-order chi connectivity index (χ1) is 19.0. The monoisotopic (exact) mass is 542 g/mol. The second-order valence-electron chi connectivity index (χ2n) is 10.6. The molecular formula is C31H31FN4O4. The van der Waals surface area contributed by atoms with Crippen molar-refractivity contribution >= 4 is 40.1 Å². The van der Waals surface area contributed by atoms with Crippen LogP contribution in [0.4, 0.5) is 16.0 Å². The number of aliphatic hydroxyl groups excluding tert-OH is 1. The van der Waals surface area contributed by atoms with Crippen LogP contribution in [0, 0.1) is 18.7 Å². The van der Waals surface area contributed by atoms with Crippen molar-refractivity contribution in [1.82, 2.24) is 9.97 Å². The summed E-state index contributed by atoms with van der Waals surface area (Å²) in [7, 11) is 3.82. The van der Waals surface area contributed by atoms with E-state index >= 15 is 0 Å². The van der Waals surface area contributed by atoms with Gasteiger partial charge in [-0.2, -0.15) is 0 Å². The highest BCUT2D eigenvalue weighted by Gasteiger charge is 2.48. The van der Waals surface area contributed by atoms with Gasteiger partial charge in [0.25, 0.3) is 5.78 Å². The molecule has 0 saturated carbocycles. The Balaban J connectivity index is 1.65. The average molecular weight is 543 g/mol. The number of aryl methyl sites for hydroxylation is 1. The first-order valence-corrected chi connectivity index (χ1v) is 13.0. The number of imidazole rings is 1. The van der Waals surface area contributed by atoms with Gasteiger partial charge in [0.15, 0.2) is 0 Å². The average Bonchev–Trinajstić information content (AvgIpc) is 3.45. The van der Waals surface area contributed by atoms with Crippen LogP contribution in [0.1, 0.15) is 36.6 Å². The molecule has 5 rings (SSSR count). The number of aromatic nitrogens is 2. The summed E-state index contributed by atoms with van der Waals surface area (Å²) < 4.78 is 19.7. The Morgan fingerprint density at radius 3 is 2.48 bits per heavy atom. The molecule has 40 heavy (non-hydrogen) atoms. The normalized spacial score (nSPS) is 16.8. The lowest BCUT2D eigenvalue weighted by atomic mass is 9.94. The van der Waals surface area contributed by atoms with Crippen LogP contribution < -0.4 is 14.5 Å². The Morgan fingerprint density at radius 2 is 1.82 bits per heavy atom. The third kappa shape index (κ3) is 4.90. The third-order valence-electron chi connectivity index (χ3n) is 6.85. The van der Waals surface area contributed by atoms with E-state index in [4.69, 9.17) is 4.74 Å². The zero-order chi connectivity index (χ0) is 28.7. The van der Waals surface area contributed by atoms with Crippen LogP contribution >= 0.6 is 0 Å². The summed E-state index contributed by atoms with van der Waals surface area (Å²) in [5.74, 6) is -1.36. The lowest BCUT2D eigenvalue weighted by Crippen LogP contribution is -2.30. The number of nitrogens with zero attached hydrogens (tertiary/aromatic N) is 3. The Kier molecular flexibility index (Phi) is 7.06. The molecule has 0 aliphatic carbocycles. The van der Waals surface area contributed by atoms with E-state index in [0.29, 0.717) is 40.4 Å². The van der Waals surface area contributed by atoms with E-state index in [9.17, 15) is 19.1 Å². The molecule has 3 aromatic carbocycles. The number of rotatable bonds is 7. The van der Waals surface area contributed by atoms with E-state index < -0.39 is 23.5 Å². The predicted octanol–water partition coefficient (Wildman–Crippen LogP) is 5.74. The number of anilines is 2. The van der Waals surface area contributed by atoms with Crippen molar-refractivity contribution in [2.75, 3.05) is 30.5 Å². The molecule has 2 heterocycles. The molecule has 1 aromatic heterocycles. The molecule has 1 fully saturated rings. The SMILES string of the molecule is Cc1cc(/C(O)=C2\C(=O)C(=O)N(c3nc4ccc(F)cc4[nH]3)C2c2ccc(N(C)C)cc2)ccc1OCC(C)C. The van der Waals surface area contributed by atoms with Crippen LogP contribution in [-0.4, -0.2) is 47.5 Å². The number of carbonyl (C=O) groups excluding carboxylic acids is 2. The minimum Gasteiger partial charge on any atom is -0.507 e. The number of nitrogens with one attached hydrogen (secondary N) is 1. The van der Waals surface area contributed by atoms with Crippen molar-refractivity contribution < 1.29 is 23.8 Å². The molecule has 4 aromatic rings. The number of carbonyl (C=O) groups is 2. The summed E-state index contributed by atoms with van der Waals surface area (Å²) in [4.78, 5) is 37.6. The van der Waals surface area contributed by atoms with Crippen LogP contribution in [0.5, 0.6) is 5.75 Å². The Labute approximate surface area is 231 Å². The Morgan fingerprint density at radius 1 is 1.10 bits per heavy atom. The number of ketones is 1. The highest BCUT2D eigenvalue weighted by Crippen LogP contribution is 2.42. The van der Waals surface area contributed by atoms with Gasteiger partial charge in [-0.15, -0.1) is 0 Å². The molecule has 1 atom stereocenters. The number of ether oxygens (including phenoxy) is 1. The lowest BCUT2D eigenvalue weighted by molar-refractivity contribution is -0.132.